The van der Waals surface area contributed by atoms with Gasteiger partial charge in [-0.3, -0.25) is 4.79 Å². The van der Waals surface area contributed by atoms with Gasteiger partial charge in [0, 0.05) is 13.0 Å². The van der Waals surface area contributed by atoms with Crippen molar-refractivity contribution in [3.8, 4) is 0 Å². The summed E-state index contributed by atoms with van der Waals surface area (Å²) in [4.78, 5) is 11.9. The number of hydrogen-bond donors (Lipinski definition) is 1. The van der Waals surface area contributed by atoms with Crippen LogP contribution in [0.25, 0.3) is 0 Å². The third kappa shape index (κ3) is 2.13. The second-order valence-corrected chi connectivity index (χ2v) is 4.15. The topological polar surface area (TPSA) is 52.3 Å². The van der Waals surface area contributed by atoms with Crippen molar-refractivity contribution in [1.82, 2.24) is 0 Å². The molecule has 1 unspecified atom stereocenters. The average Bonchev–Trinajstić information content (AvgIpc) is 2.70. The van der Waals surface area contributed by atoms with Crippen LogP contribution in [0.3, 0.4) is 0 Å². The van der Waals surface area contributed by atoms with Crippen molar-refractivity contribution in [2.45, 2.75) is 18.4 Å². The minimum absolute atomic E-state index is 0.0343. The standard InChI is InChI=1S/C12H14FNO2/c13-10-4-2-1-3-9(10)7-11(15)12(14)5-6-16-8-12/h1-4H,5-8,14H2. The van der Waals surface area contributed by atoms with Crippen LogP contribution in [-0.4, -0.2) is 24.5 Å². The molecule has 0 aromatic heterocycles. The molecule has 1 fully saturated rings. The lowest BCUT2D eigenvalue weighted by atomic mass is 9.90. The Morgan fingerprint density at radius 1 is 1.50 bits per heavy atom. The summed E-state index contributed by atoms with van der Waals surface area (Å²) in [6.45, 7) is 0.736. The van der Waals surface area contributed by atoms with Crippen molar-refractivity contribution < 1.29 is 13.9 Å². The van der Waals surface area contributed by atoms with Crippen LogP contribution >= 0.6 is 0 Å². The summed E-state index contributed by atoms with van der Waals surface area (Å²) in [5, 5.41) is 0. The van der Waals surface area contributed by atoms with Gasteiger partial charge in [-0.05, 0) is 18.1 Å². The Morgan fingerprint density at radius 2 is 2.25 bits per heavy atom. The van der Waals surface area contributed by atoms with E-state index < -0.39 is 5.54 Å². The SMILES string of the molecule is NC1(C(=O)Cc2ccccc2F)CCOC1. The molecule has 0 spiro atoms. The number of rotatable bonds is 3. The molecule has 1 aliphatic heterocycles. The van der Waals surface area contributed by atoms with Gasteiger partial charge in [0.1, 0.15) is 11.4 Å². The van der Waals surface area contributed by atoms with E-state index in [9.17, 15) is 9.18 Å². The summed E-state index contributed by atoms with van der Waals surface area (Å²) >= 11 is 0. The monoisotopic (exact) mass is 223 g/mol. The minimum atomic E-state index is -0.928. The van der Waals surface area contributed by atoms with Crippen LogP contribution in [-0.2, 0) is 16.0 Å². The fraction of sp³-hybridized carbons (Fsp3) is 0.417. The summed E-state index contributed by atoms with van der Waals surface area (Å²) in [6.07, 6.45) is 0.548. The Labute approximate surface area is 93.4 Å². The zero-order valence-corrected chi connectivity index (χ0v) is 8.91. The zero-order chi connectivity index (χ0) is 11.6. The van der Waals surface area contributed by atoms with Gasteiger partial charge in [-0.2, -0.15) is 0 Å². The number of ether oxygens (including phenoxy) is 1. The summed E-state index contributed by atoms with van der Waals surface area (Å²) in [5.74, 6) is -0.520. The maximum atomic E-state index is 13.3. The van der Waals surface area contributed by atoms with Gasteiger partial charge in [-0.1, -0.05) is 18.2 Å². The maximum Gasteiger partial charge on any atom is 0.159 e. The first kappa shape index (κ1) is 11.2. The van der Waals surface area contributed by atoms with Crippen LogP contribution in [0.2, 0.25) is 0 Å². The average molecular weight is 223 g/mol. The van der Waals surface area contributed by atoms with Crippen LogP contribution in [0.1, 0.15) is 12.0 Å². The molecule has 1 saturated heterocycles. The molecule has 1 aromatic rings. The number of nitrogens with two attached hydrogens (primary N) is 1. The molecule has 86 valence electrons. The van der Waals surface area contributed by atoms with E-state index in [1.807, 2.05) is 0 Å². The number of ketones is 1. The lowest BCUT2D eigenvalue weighted by Gasteiger charge is -2.19. The van der Waals surface area contributed by atoms with E-state index in [0.717, 1.165) is 0 Å². The van der Waals surface area contributed by atoms with Crippen LogP contribution in [0.5, 0.6) is 0 Å². The number of carbonyl (C=O) groups is 1. The van der Waals surface area contributed by atoms with Gasteiger partial charge >= 0.3 is 0 Å². The van der Waals surface area contributed by atoms with E-state index in [1.54, 1.807) is 18.2 Å². The lowest BCUT2D eigenvalue weighted by Crippen LogP contribution is -2.49. The molecule has 0 radical (unpaired) electrons. The van der Waals surface area contributed by atoms with Gasteiger partial charge in [0.2, 0.25) is 0 Å². The van der Waals surface area contributed by atoms with E-state index in [2.05, 4.69) is 0 Å². The van der Waals surface area contributed by atoms with Gasteiger partial charge in [0.15, 0.2) is 5.78 Å². The van der Waals surface area contributed by atoms with E-state index in [4.69, 9.17) is 10.5 Å². The van der Waals surface area contributed by atoms with E-state index in [1.165, 1.54) is 6.07 Å². The highest BCUT2D eigenvalue weighted by Gasteiger charge is 2.37. The molecule has 0 aliphatic carbocycles. The van der Waals surface area contributed by atoms with Crippen molar-refractivity contribution in [2.75, 3.05) is 13.2 Å². The van der Waals surface area contributed by atoms with Gasteiger partial charge in [0.25, 0.3) is 0 Å². The van der Waals surface area contributed by atoms with Crippen LogP contribution in [0, 0.1) is 5.82 Å². The first-order valence-electron chi connectivity index (χ1n) is 5.25. The summed E-state index contributed by atoms with van der Waals surface area (Å²) in [5.41, 5.74) is 5.37. The number of carbonyl (C=O) groups excluding carboxylic acids is 1. The Bertz CT molecular complexity index is 400. The van der Waals surface area contributed by atoms with Crippen molar-refractivity contribution in [1.29, 1.82) is 0 Å². The molecule has 2 N–H and O–H groups in total. The highest BCUT2D eigenvalue weighted by molar-refractivity contribution is 5.90. The van der Waals surface area contributed by atoms with Crippen molar-refractivity contribution in [3.05, 3.63) is 35.6 Å². The Balaban J connectivity index is 2.10. The molecule has 0 bridgehead atoms. The third-order valence-corrected chi connectivity index (χ3v) is 2.92. The van der Waals surface area contributed by atoms with E-state index >= 15 is 0 Å². The first-order valence-corrected chi connectivity index (χ1v) is 5.25. The minimum Gasteiger partial charge on any atom is -0.379 e. The van der Waals surface area contributed by atoms with Gasteiger partial charge in [0.05, 0.1) is 6.61 Å². The van der Waals surface area contributed by atoms with E-state index in [0.29, 0.717) is 18.6 Å². The number of halogens is 1. The zero-order valence-electron chi connectivity index (χ0n) is 8.91. The van der Waals surface area contributed by atoms with Crippen LogP contribution in [0.4, 0.5) is 4.39 Å². The molecule has 16 heavy (non-hydrogen) atoms. The summed E-state index contributed by atoms with van der Waals surface area (Å²) in [7, 11) is 0. The number of hydrogen-bond acceptors (Lipinski definition) is 3. The smallest absolute Gasteiger partial charge is 0.159 e. The fourth-order valence-corrected chi connectivity index (χ4v) is 1.79. The molecular weight excluding hydrogens is 209 g/mol. The molecule has 0 amide bonds. The van der Waals surface area contributed by atoms with E-state index in [-0.39, 0.29) is 24.6 Å². The maximum absolute atomic E-state index is 13.3. The highest BCUT2D eigenvalue weighted by atomic mass is 19.1. The number of benzene rings is 1. The van der Waals surface area contributed by atoms with Crippen molar-refractivity contribution >= 4 is 5.78 Å². The molecule has 1 aliphatic rings. The molecule has 1 aromatic carbocycles. The molecule has 3 nitrogen and oxygen atoms in total. The molecule has 4 heteroatoms. The number of Topliss-reactive ketones (excluding diaryl/α,β-unsaturated/α-hetero) is 1. The Kier molecular flexibility index (Phi) is 3.03. The third-order valence-electron chi connectivity index (χ3n) is 2.92. The first-order chi connectivity index (χ1) is 7.62. The normalized spacial score (nSPS) is 24.6. The quantitative estimate of drug-likeness (QED) is 0.833. The Hall–Kier alpha value is -1.26. The Morgan fingerprint density at radius 3 is 2.88 bits per heavy atom. The molecule has 1 atom stereocenters. The van der Waals surface area contributed by atoms with Crippen LogP contribution in [0.15, 0.2) is 24.3 Å². The second-order valence-electron chi connectivity index (χ2n) is 4.15. The molecule has 1 heterocycles. The van der Waals surface area contributed by atoms with Gasteiger partial charge < -0.3 is 10.5 Å². The molecule has 2 rings (SSSR count). The summed E-state index contributed by atoms with van der Waals surface area (Å²) < 4.78 is 18.4. The molecule has 0 saturated carbocycles. The summed E-state index contributed by atoms with van der Waals surface area (Å²) in [6, 6.07) is 6.25. The molecular formula is C12H14FNO2. The predicted molar refractivity (Wildman–Crippen MR) is 57.5 cm³/mol. The van der Waals surface area contributed by atoms with Crippen LogP contribution < -0.4 is 5.73 Å². The predicted octanol–water partition coefficient (Wildman–Crippen LogP) is 1.06. The van der Waals surface area contributed by atoms with Crippen molar-refractivity contribution in [2.24, 2.45) is 5.73 Å². The second kappa shape index (κ2) is 4.31. The highest BCUT2D eigenvalue weighted by Crippen LogP contribution is 2.19. The largest absolute Gasteiger partial charge is 0.379 e. The van der Waals surface area contributed by atoms with Gasteiger partial charge in [-0.15, -0.1) is 0 Å². The van der Waals surface area contributed by atoms with Gasteiger partial charge in [-0.25, -0.2) is 4.39 Å². The lowest BCUT2D eigenvalue weighted by molar-refractivity contribution is -0.123. The van der Waals surface area contributed by atoms with Crippen molar-refractivity contribution in [3.63, 3.8) is 0 Å². The fourth-order valence-electron chi connectivity index (χ4n) is 1.79.